The average molecular weight is 302 g/mol. The third-order valence-corrected chi connectivity index (χ3v) is 4.45. The molecule has 1 atom stereocenters. The number of sulfonamides is 1. The molecule has 19 heavy (non-hydrogen) atoms. The quantitative estimate of drug-likeness (QED) is 0.834. The van der Waals surface area contributed by atoms with Crippen molar-refractivity contribution >= 4 is 21.6 Å². The molecule has 104 valence electrons. The molecule has 0 saturated carbocycles. The Morgan fingerprint density at radius 1 is 1.53 bits per heavy atom. The number of benzene rings is 1. The van der Waals surface area contributed by atoms with Gasteiger partial charge < -0.3 is 5.73 Å². The molecule has 0 aliphatic heterocycles. The van der Waals surface area contributed by atoms with Gasteiger partial charge in [0, 0.05) is 12.6 Å². The first kappa shape index (κ1) is 15.9. The summed E-state index contributed by atoms with van der Waals surface area (Å²) in [5, 5.41) is 8.87. The Morgan fingerprint density at radius 2 is 2.21 bits per heavy atom. The minimum Gasteiger partial charge on any atom is -0.329 e. The molecular formula is C12H16ClN3O2S. The van der Waals surface area contributed by atoms with Gasteiger partial charge in [-0.3, -0.25) is 0 Å². The number of nitrogens with two attached hydrogens (primary N) is 1. The van der Waals surface area contributed by atoms with Crippen LogP contribution < -0.4 is 10.5 Å². The van der Waals surface area contributed by atoms with E-state index in [1.165, 1.54) is 18.2 Å². The maximum Gasteiger partial charge on any atom is 0.240 e. The van der Waals surface area contributed by atoms with Crippen molar-refractivity contribution in [2.75, 3.05) is 6.54 Å². The van der Waals surface area contributed by atoms with Crippen LogP contribution in [0.2, 0.25) is 5.02 Å². The zero-order valence-electron chi connectivity index (χ0n) is 10.6. The van der Waals surface area contributed by atoms with E-state index in [1.807, 2.05) is 13.0 Å². The van der Waals surface area contributed by atoms with Gasteiger partial charge in [0.05, 0.1) is 15.5 Å². The highest BCUT2D eigenvalue weighted by Gasteiger charge is 2.19. The maximum absolute atomic E-state index is 12.1. The van der Waals surface area contributed by atoms with Gasteiger partial charge in [0.2, 0.25) is 10.0 Å². The predicted octanol–water partition coefficient (Wildman–Crippen LogP) is 1.62. The lowest BCUT2D eigenvalue weighted by Crippen LogP contribution is -2.39. The molecule has 0 fully saturated rings. The summed E-state index contributed by atoms with van der Waals surface area (Å²) < 4.78 is 26.8. The molecule has 7 heteroatoms. The van der Waals surface area contributed by atoms with Gasteiger partial charge in [-0.15, -0.1) is 0 Å². The molecule has 3 N–H and O–H groups in total. The van der Waals surface area contributed by atoms with Crippen molar-refractivity contribution in [2.45, 2.75) is 30.7 Å². The number of nitrogens with one attached hydrogen (secondary N) is 1. The fourth-order valence-electron chi connectivity index (χ4n) is 1.61. The normalized spacial score (nSPS) is 12.9. The summed E-state index contributed by atoms with van der Waals surface area (Å²) in [6.07, 6.45) is 1.50. The minimum absolute atomic E-state index is 0.0334. The van der Waals surface area contributed by atoms with Crippen LogP contribution in [-0.4, -0.2) is 21.0 Å². The van der Waals surface area contributed by atoms with Crippen LogP contribution in [0.25, 0.3) is 0 Å². The molecule has 5 nitrogen and oxygen atoms in total. The van der Waals surface area contributed by atoms with Crippen LogP contribution in [0.3, 0.4) is 0 Å². The molecule has 0 radical (unpaired) electrons. The smallest absolute Gasteiger partial charge is 0.240 e. The summed E-state index contributed by atoms with van der Waals surface area (Å²) in [6, 6.07) is 5.58. The van der Waals surface area contributed by atoms with Gasteiger partial charge in [-0.05, 0) is 24.6 Å². The molecule has 0 aromatic heterocycles. The molecule has 1 unspecified atom stereocenters. The van der Waals surface area contributed by atoms with Gasteiger partial charge in [0.15, 0.2) is 0 Å². The van der Waals surface area contributed by atoms with Crippen LogP contribution in [0.1, 0.15) is 25.3 Å². The first-order chi connectivity index (χ1) is 8.94. The highest BCUT2D eigenvalue weighted by atomic mass is 35.5. The molecule has 0 amide bonds. The Morgan fingerprint density at radius 3 is 2.68 bits per heavy atom. The van der Waals surface area contributed by atoms with Crippen molar-refractivity contribution in [3.8, 4) is 6.07 Å². The SMILES string of the molecule is CCCC(CN)NS(=O)(=O)c1ccc(C#N)c(Cl)c1. The summed E-state index contributed by atoms with van der Waals surface area (Å²) in [7, 11) is -3.67. The van der Waals surface area contributed by atoms with Crippen molar-refractivity contribution in [3.05, 3.63) is 28.8 Å². The first-order valence-electron chi connectivity index (χ1n) is 5.86. The van der Waals surface area contributed by atoms with Gasteiger partial charge in [0.1, 0.15) is 6.07 Å². The number of nitriles is 1. The fraction of sp³-hybridized carbons (Fsp3) is 0.417. The lowest BCUT2D eigenvalue weighted by Gasteiger charge is -2.16. The Labute approximate surface area is 118 Å². The van der Waals surface area contributed by atoms with E-state index < -0.39 is 10.0 Å². The standard InChI is InChI=1S/C12H16ClN3O2S/c1-2-3-10(8-15)16-19(17,18)11-5-4-9(7-14)12(13)6-11/h4-6,10,16H,2-3,8,15H2,1H3. The number of hydrogen-bond donors (Lipinski definition) is 2. The molecule has 0 spiro atoms. The Hall–Kier alpha value is -1.13. The highest BCUT2D eigenvalue weighted by molar-refractivity contribution is 7.89. The number of rotatable bonds is 6. The first-order valence-corrected chi connectivity index (χ1v) is 7.72. The Bertz CT molecular complexity index is 581. The minimum atomic E-state index is -3.67. The maximum atomic E-state index is 12.1. The number of halogens is 1. The number of nitrogens with zero attached hydrogens (tertiary/aromatic N) is 1. The Balaban J connectivity index is 3.01. The summed E-state index contributed by atoms with van der Waals surface area (Å²) in [4.78, 5) is 0.0334. The molecule has 1 aromatic rings. The van der Waals surface area contributed by atoms with E-state index in [2.05, 4.69) is 4.72 Å². The third kappa shape index (κ3) is 4.18. The van der Waals surface area contributed by atoms with E-state index >= 15 is 0 Å². The fourth-order valence-corrected chi connectivity index (χ4v) is 3.21. The molecule has 1 rings (SSSR count). The molecule has 0 heterocycles. The topological polar surface area (TPSA) is 96.0 Å². The second-order valence-corrected chi connectivity index (χ2v) is 6.22. The largest absolute Gasteiger partial charge is 0.329 e. The molecule has 1 aromatic carbocycles. The van der Waals surface area contributed by atoms with Crippen LogP contribution in [-0.2, 0) is 10.0 Å². The molecular weight excluding hydrogens is 286 g/mol. The lowest BCUT2D eigenvalue weighted by atomic mass is 10.2. The Kier molecular flexibility index (Phi) is 5.76. The molecule has 0 aliphatic carbocycles. The van der Waals surface area contributed by atoms with E-state index in [4.69, 9.17) is 22.6 Å². The molecule has 0 saturated heterocycles. The van der Waals surface area contributed by atoms with Crippen LogP contribution in [0.5, 0.6) is 0 Å². The van der Waals surface area contributed by atoms with Gasteiger partial charge in [-0.25, -0.2) is 13.1 Å². The van der Waals surface area contributed by atoms with Crippen LogP contribution in [0.15, 0.2) is 23.1 Å². The lowest BCUT2D eigenvalue weighted by molar-refractivity contribution is 0.527. The second kappa shape index (κ2) is 6.87. The van der Waals surface area contributed by atoms with E-state index in [1.54, 1.807) is 0 Å². The average Bonchev–Trinajstić information content (AvgIpc) is 2.37. The van der Waals surface area contributed by atoms with E-state index in [9.17, 15) is 8.42 Å². The second-order valence-electron chi connectivity index (χ2n) is 4.10. The van der Waals surface area contributed by atoms with Crippen molar-refractivity contribution in [3.63, 3.8) is 0 Å². The van der Waals surface area contributed by atoms with E-state index in [0.29, 0.717) is 6.42 Å². The van der Waals surface area contributed by atoms with E-state index in [0.717, 1.165) is 6.42 Å². The van der Waals surface area contributed by atoms with Crippen molar-refractivity contribution in [1.29, 1.82) is 5.26 Å². The zero-order valence-corrected chi connectivity index (χ0v) is 12.1. The monoisotopic (exact) mass is 301 g/mol. The predicted molar refractivity (Wildman–Crippen MR) is 74.2 cm³/mol. The van der Waals surface area contributed by atoms with Crippen molar-refractivity contribution in [1.82, 2.24) is 4.72 Å². The van der Waals surface area contributed by atoms with Gasteiger partial charge in [0.25, 0.3) is 0 Å². The van der Waals surface area contributed by atoms with Gasteiger partial charge in [-0.2, -0.15) is 5.26 Å². The summed E-state index contributed by atoms with van der Waals surface area (Å²) in [5.74, 6) is 0. The zero-order chi connectivity index (χ0) is 14.5. The summed E-state index contributed by atoms with van der Waals surface area (Å²) in [5.41, 5.74) is 5.76. The van der Waals surface area contributed by atoms with Crippen LogP contribution in [0, 0.1) is 11.3 Å². The highest BCUT2D eigenvalue weighted by Crippen LogP contribution is 2.20. The number of hydrogen-bond acceptors (Lipinski definition) is 4. The van der Waals surface area contributed by atoms with Gasteiger partial charge in [-0.1, -0.05) is 24.9 Å². The van der Waals surface area contributed by atoms with Crippen molar-refractivity contribution < 1.29 is 8.42 Å². The summed E-state index contributed by atoms with van der Waals surface area (Å²) in [6.45, 7) is 2.19. The van der Waals surface area contributed by atoms with Crippen LogP contribution >= 0.6 is 11.6 Å². The van der Waals surface area contributed by atoms with Crippen molar-refractivity contribution in [2.24, 2.45) is 5.73 Å². The van der Waals surface area contributed by atoms with Gasteiger partial charge >= 0.3 is 0 Å². The third-order valence-electron chi connectivity index (χ3n) is 2.61. The van der Waals surface area contributed by atoms with E-state index in [-0.39, 0.29) is 28.1 Å². The molecule has 0 aliphatic rings. The summed E-state index contributed by atoms with van der Waals surface area (Å²) >= 11 is 5.83. The molecule has 0 bridgehead atoms. The van der Waals surface area contributed by atoms with Crippen LogP contribution in [0.4, 0.5) is 0 Å².